The quantitative estimate of drug-likeness (QED) is 0.810. The Kier molecular flexibility index (Phi) is 4.69. The molecular weight excluding hydrogens is 352 g/mol. The Morgan fingerprint density at radius 2 is 1.76 bits per heavy atom. The number of piperazine rings is 1. The van der Waals surface area contributed by atoms with E-state index in [9.17, 15) is 8.42 Å². The average Bonchev–Trinajstić information content (AvgIpc) is 2.83. The zero-order valence-corrected chi connectivity index (χ0v) is 14.4. The lowest BCUT2D eigenvalue weighted by Crippen LogP contribution is -2.50. The summed E-state index contributed by atoms with van der Waals surface area (Å²) < 4.78 is 24.3. The third kappa shape index (κ3) is 4.06. The van der Waals surface area contributed by atoms with Gasteiger partial charge in [-0.25, -0.2) is 8.42 Å². The Morgan fingerprint density at radius 1 is 1.10 bits per heavy atom. The van der Waals surface area contributed by atoms with E-state index in [1.807, 2.05) is 0 Å². The second kappa shape index (κ2) is 6.36. The van der Waals surface area contributed by atoms with Crippen molar-refractivity contribution in [3.05, 3.63) is 34.3 Å². The smallest absolute Gasteiger partial charge is 0.151 e. The number of rotatable bonds is 3. The van der Waals surface area contributed by atoms with E-state index in [1.54, 1.807) is 0 Å². The lowest BCUT2D eigenvalue weighted by molar-refractivity contribution is 0.100. The van der Waals surface area contributed by atoms with Crippen LogP contribution in [0.2, 0.25) is 0 Å². The summed E-state index contributed by atoms with van der Waals surface area (Å²) in [5.41, 5.74) is 1.33. The van der Waals surface area contributed by atoms with Crippen molar-refractivity contribution >= 4 is 25.8 Å². The molecule has 0 aliphatic carbocycles. The lowest BCUT2D eigenvalue weighted by atomic mass is 10.1. The summed E-state index contributed by atoms with van der Waals surface area (Å²) in [4.78, 5) is 4.81. The molecule has 2 saturated heterocycles. The predicted octanol–water partition coefficient (Wildman–Crippen LogP) is 1.75. The van der Waals surface area contributed by atoms with Crippen molar-refractivity contribution in [2.45, 2.75) is 19.0 Å². The van der Waals surface area contributed by atoms with Crippen LogP contribution in [0, 0.1) is 0 Å². The maximum atomic E-state index is 11.6. The average molecular weight is 373 g/mol. The fraction of sp³-hybridized carbons (Fsp3) is 0.600. The molecule has 0 aromatic heterocycles. The van der Waals surface area contributed by atoms with Gasteiger partial charge in [0.2, 0.25) is 0 Å². The van der Waals surface area contributed by atoms with Crippen LogP contribution in [0.25, 0.3) is 0 Å². The molecule has 3 rings (SSSR count). The second-order valence-electron chi connectivity index (χ2n) is 6.00. The van der Waals surface area contributed by atoms with Crippen LogP contribution in [-0.2, 0) is 16.4 Å². The standard InChI is InChI=1S/C15H21BrN2O2S/c16-14-3-1-13(2-4-14)11-17-6-8-18(9-7-17)15-5-10-21(19,20)12-15/h1-4,15H,5-12H2/t15-/m1/s1. The molecule has 0 bridgehead atoms. The van der Waals surface area contributed by atoms with Gasteiger partial charge in [0.05, 0.1) is 11.5 Å². The van der Waals surface area contributed by atoms with E-state index in [0.717, 1.165) is 43.6 Å². The van der Waals surface area contributed by atoms with Crippen molar-refractivity contribution in [3.63, 3.8) is 0 Å². The molecule has 0 spiro atoms. The maximum absolute atomic E-state index is 11.6. The van der Waals surface area contributed by atoms with Crippen molar-refractivity contribution in [2.24, 2.45) is 0 Å². The summed E-state index contributed by atoms with van der Waals surface area (Å²) in [6.07, 6.45) is 0.815. The van der Waals surface area contributed by atoms with Crippen molar-refractivity contribution in [1.82, 2.24) is 9.80 Å². The number of nitrogens with zero attached hydrogens (tertiary/aromatic N) is 2. The minimum atomic E-state index is -2.77. The number of halogens is 1. The first-order chi connectivity index (χ1) is 10.0. The zero-order chi connectivity index (χ0) is 14.9. The Bertz CT molecular complexity index is 580. The Balaban J connectivity index is 1.50. The summed E-state index contributed by atoms with van der Waals surface area (Å²) in [6.45, 7) is 4.98. The van der Waals surface area contributed by atoms with E-state index in [0.29, 0.717) is 11.5 Å². The van der Waals surface area contributed by atoms with Crippen molar-refractivity contribution < 1.29 is 8.42 Å². The Morgan fingerprint density at radius 3 is 2.33 bits per heavy atom. The van der Waals surface area contributed by atoms with Gasteiger partial charge in [0, 0.05) is 43.2 Å². The molecule has 0 N–H and O–H groups in total. The Hall–Kier alpha value is -0.430. The third-order valence-corrected chi connectivity index (χ3v) is 6.73. The number of sulfone groups is 1. The first-order valence-corrected chi connectivity index (χ1v) is 10.0. The van der Waals surface area contributed by atoms with E-state index in [-0.39, 0.29) is 6.04 Å². The van der Waals surface area contributed by atoms with E-state index in [2.05, 4.69) is 50.0 Å². The topological polar surface area (TPSA) is 40.6 Å². The van der Waals surface area contributed by atoms with Crippen LogP contribution >= 0.6 is 15.9 Å². The third-order valence-electron chi connectivity index (χ3n) is 4.45. The molecule has 0 unspecified atom stereocenters. The van der Waals surface area contributed by atoms with Crippen LogP contribution in [0.15, 0.2) is 28.7 Å². The molecule has 21 heavy (non-hydrogen) atoms. The molecule has 0 radical (unpaired) electrons. The van der Waals surface area contributed by atoms with E-state index >= 15 is 0 Å². The van der Waals surface area contributed by atoms with Gasteiger partial charge >= 0.3 is 0 Å². The summed E-state index contributed by atoms with van der Waals surface area (Å²) in [7, 11) is -2.77. The molecule has 2 aliphatic rings. The lowest BCUT2D eigenvalue weighted by Gasteiger charge is -2.37. The van der Waals surface area contributed by atoms with Crippen molar-refractivity contribution in [3.8, 4) is 0 Å². The first-order valence-electron chi connectivity index (χ1n) is 7.43. The van der Waals surface area contributed by atoms with Crippen LogP contribution in [0.5, 0.6) is 0 Å². The molecule has 6 heteroatoms. The fourth-order valence-corrected chi connectivity index (χ4v) is 5.22. The maximum Gasteiger partial charge on any atom is 0.151 e. The summed E-state index contributed by atoms with van der Waals surface area (Å²) in [5, 5.41) is 0. The van der Waals surface area contributed by atoms with Gasteiger partial charge in [-0.1, -0.05) is 28.1 Å². The molecule has 4 nitrogen and oxygen atoms in total. The minimum absolute atomic E-state index is 0.254. The van der Waals surface area contributed by atoms with Gasteiger partial charge in [0.1, 0.15) is 0 Å². The molecule has 0 amide bonds. The number of benzene rings is 1. The Labute approximate surface area is 135 Å². The molecule has 2 fully saturated rings. The monoisotopic (exact) mass is 372 g/mol. The zero-order valence-electron chi connectivity index (χ0n) is 12.0. The van der Waals surface area contributed by atoms with Crippen molar-refractivity contribution in [2.75, 3.05) is 37.7 Å². The predicted molar refractivity (Wildman–Crippen MR) is 88.1 cm³/mol. The fourth-order valence-electron chi connectivity index (χ4n) is 3.20. The highest BCUT2D eigenvalue weighted by Crippen LogP contribution is 2.20. The highest BCUT2D eigenvalue weighted by molar-refractivity contribution is 9.10. The van der Waals surface area contributed by atoms with Gasteiger partial charge in [-0.15, -0.1) is 0 Å². The summed E-state index contributed by atoms with van der Waals surface area (Å²) in [5.74, 6) is 0.733. The SMILES string of the molecule is O=S1(=O)CC[C@@H](N2CCN(Cc3ccc(Br)cc3)CC2)C1. The molecule has 2 heterocycles. The second-order valence-corrected chi connectivity index (χ2v) is 9.14. The highest BCUT2D eigenvalue weighted by Gasteiger charge is 2.33. The van der Waals surface area contributed by atoms with Crippen LogP contribution in [0.3, 0.4) is 0 Å². The molecule has 1 aromatic rings. The van der Waals surface area contributed by atoms with E-state index in [1.165, 1.54) is 5.56 Å². The van der Waals surface area contributed by atoms with Gasteiger partial charge in [-0.3, -0.25) is 9.80 Å². The molecule has 1 aromatic carbocycles. The molecule has 2 aliphatic heterocycles. The van der Waals surface area contributed by atoms with Gasteiger partial charge in [0.25, 0.3) is 0 Å². The van der Waals surface area contributed by atoms with E-state index in [4.69, 9.17) is 0 Å². The normalized spacial score (nSPS) is 27.0. The molecular formula is C15H21BrN2O2S. The van der Waals surface area contributed by atoms with Crippen LogP contribution in [0.1, 0.15) is 12.0 Å². The van der Waals surface area contributed by atoms with Gasteiger partial charge in [-0.2, -0.15) is 0 Å². The van der Waals surface area contributed by atoms with Crippen molar-refractivity contribution in [1.29, 1.82) is 0 Å². The largest absolute Gasteiger partial charge is 0.297 e. The molecule has 116 valence electrons. The minimum Gasteiger partial charge on any atom is -0.297 e. The van der Waals surface area contributed by atoms with E-state index < -0.39 is 9.84 Å². The number of hydrogen-bond acceptors (Lipinski definition) is 4. The first kappa shape index (κ1) is 15.5. The summed E-state index contributed by atoms with van der Waals surface area (Å²) in [6, 6.07) is 8.72. The molecule has 1 atom stereocenters. The van der Waals surface area contributed by atoms with Gasteiger partial charge < -0.3 is 0 Å². The number of hydrogen-bond donors (Lipinski definition) is 0. The van der Waals surface area contributed by atoms with Crippen LogP contribution in [-0.4, -0.2) is 61.9 Å². The molecule has 0 saturated carbocycles. The van der Waals surface area contributed by atoms with Gasteiger partial charge in [-0.05, 0) is 24.1 Å². The van der Waals surface area contributed by atoms with Crippen LogP contribution in [0.4, 0.5) is 0 Å². The van der Waals surface area contributed by atoms with Crippen LogP contribution < -0.4 is 0 Å². The van der Waals surface area contributed by atoms with Gasteiger partial charge in [0.15, 0.2) is 9.84 Å². The highest BCUT2D eigenvalue weighted by atomic mass is 79.9. The summed E-state index contributed by atoms with van der Waals surface area (Å²) >= 11 is 3.46.